The Morgan fingerprint density at radius 2 is 2.10 bits per heavy atom. The summed E-state index contributed by atoms with van der Waals surface area (Å²) in [6.45, 7) is 4.88. The normalized spacial score (nSPS) is 18.9. The van der Waals surface area contributed by atoms with E-state index in [9.17, 15) is 8.42 Å². The summed E-state index contributed by atoms with van der Waals surface area (Å²) < 4.78 is 22.5. The molecule has 0 fully saturated rings. The zero-order chi connectivity index (χ0) is 14.6. The molecule has 0 bridgehead atoms. The van der Waals surface area contributed by atoms with Gasteiger partial charge in [0.1, 0.15) is 9.84 Å². The Hall–Kier alpha value is -1.07. The SMILES string of the molecule is CCNC1CCN(CCCS(C)(=O)=O)c2ccccc21. The Bertz CT molecular complexity index is 543. The fraction of sp³-hybridized carbons (Fsp3) is 0.600. The van der Waals surface area contributed by atoms with Crippen LogP contribution in [0.5, 0.6) is 0 Å². The van der Waals surface area contributed by atoms with Crippen molar-refractivity contribution >= 4 is 15.5 Å². The van der Waals surface area contributed by atoms with Gasteiger partial charge in [0.15, 0.2) is 0 Å². The molecule has 0 aromatic heterocycles. The van der Waals surface area contributed by atoms with Crippen molar-refractivity contribution in [3.63, 3.8) is 0 Å². The van der Waals surface area contributed by atoms with Gasteiger partial charge in [-0.2, -0.15) is 0 Å². The summed E-state index contributed by atoms with van der Waals surface area (Å²) in [5, 5.41) is 3.52. The zero-order valence-electron chi connectivity index (χ0n) is 12.3. The van der Waals surface area contributed by atoms with Gasteiger partial charge in [-0.05, 0) is 31.0 Å². The Kier molecular flexibility index (Phi) is 5.05. The summed E-state index contributed by atoms with van der Waals surface area (Å²) in [5.41, 5.74) is 2.58. The molecule has 0 aliphatic carbocycles. The second kappa shape index (κ2) is 6.59. The lowest BCUT2D eigenvalue weighted by molar-refractivity contribution is 0.489. The van der Waals surface area contributed by atoms with E-state index in [1.54, 1.807) is 0 Å². The van der Waals surface area contributed by atoms with Crippen molar-refractivity contribution in [1.29, 1.82) is 0 Å². The van der Waals surface area contributed by atoms with E-state index in [1.165, 1.54) is 17.5 Å². The van der Waals surface area contributed by atoms with E-state index in [1.807, 2.05) is 0 Å². The van der Waals surface area contributed by atoms with Gasteiger partial charge >= 0.3 is 0 Å². The predicted molar refractivity (Wildman–Crippen MR) is 84.0 cm³/mol. The maximum Gasteiger partial charge on any atom is 0.147 e. The molecule has 0 saturated carbocycles. The molecule has 1 aliphatic rings. The molecule has 1 N–H and O–H groups in total. The molecule has 1 aliphatic heterocycles. The second-order valence-electron chi connectivity index (χ2n) is 5.43. The van der Waals surface area contributed by atoms with Gasteiger partial charge in [-0.15, -0.1) is 0 Å². The molecule has 1 atom stereocenters. The van der Waals surface area contributed by atoms with Crippen molar-refractivity contribution < 1.29 is 8.42 Å². The van der Waals surface area contributed by atoms with Gasteiger partial charge in [-0.3, -0.25) is 0 Å². The molecule has 112 valence electrons. The molecule has 1 aromatic rings. The van der Waals surface area contributed by atoms with Crippen LogP contribution in [0, 0.1) is 0 Å². The number of fused-ring (bicyclic) bond motifs is 1. The van der Waals surface area contributed by atoms with Crippen LogP contribution >= 0.6 is 0 Å². The van der Waals surface area contributed by atoms with Crippen LogP contribution in [0.3, 0.4) is 0 Å². The minimum Gasteiger partial charge on any atom is -0.371 e. The number of anilines is 1. The maximum atomic E-state index is 11.2. The molecule has 0 saturated heterocycles. The van der Waals surface area contributed by atoms with E-state index >= 15 is 0 Å². The number of hydrogen-bond acceptors (Lipinski definition) is 4. The summed E-state index contributed by atoms with van der Waals surface area (Å²) in [6, 6.07) is 8.85. The molecule has 20 heavy (non-hydrogen) atoms. The van der Waals surface area contributed by atoms with Gasteiger partial charge in [-0.25, -0.2) is 8.42 Å². The molecule has 4 nitrogen and oxygen atoms in total. The molecule has 1 unspecified atom stereocenters. The highest BCUT2D eigenvalue weighted by atomic mass is 32.2. The third-order valence-electron chi connectivity index (χ3n) is 3.73. The van der Waals surface area contributed by atoms with Crippen molar-refractivity contribution in [3.8, 4) is 0 Å². The topological polar surface area (TPSA) is 49.4 Å². The van der Waals surface area contributed by atoms with Crippen LogP contribution in [0.4, 0.5) is 5.69 Å². The van der Waals surface area contributed by atoms with Crippen molar-refractivity contribution in [1.82, 2.24) is 5.32 Å². The molecule has 1 heterocycles. The first-order valence-corrected chi connectivity index (χ1v) is 9.32. The Balaban J connectivity index is 2.07. The van der Waals surface area contributed by atoms with Gasteiger partial charge < -0.3 is 10.2 Å². The molecule has 0 amide bonds. The summed E-state index contributed by atoms with van der Waals surface area (Å²) in [4.78, 5) is 2.31. The van der Waals surface area contributed by atoms with Crippen LogP contribution in [0.15, 0.2) is 24.3 Å². The number of nitrogens with zero attached hydrogens (tertiary/aromatic N) is 1. The molecule has 0 spiro atoms. The third-order valence-corrected chi connectivity index (χ3v) is 4.76. The highest BCUT2D eigenvalue weighted by Crippen LogP contribution is 2.33. The van der Waals surface area contributed by atoms with Crippen LogP contribution in [-0.2, 0) is 9.84 Å². The van der Waals surface area contributed by atoms with E-state index in [2.05, 4.69) is 41.4 Å². The number of nitrogens with one attached hydrogen (secondary N) is 1. The summed E-state index contributed by atoms with van der Waals surface area (Å²) >= 11 is 0. The summed E-state index contributed by atoms with van der Waals surface area (Å²) in [7, 11) is -2.86. The van der Waals surface area contributed by atoms with Crippen LogP contribution in [0.2, 0.25) is 0 Å². The maximum absolute atomic E-state index is 11.2. The van der Waals surface area contributed by atoms with Crippen LogP contribution in [0.25, 0.3) is 0 Å². The Morgan fingerprint density at radius 1 is 1.35 bits per heavy atom. The van der Waals surface area contributed by atoms with Gasteiger partial charge in [0.25, 0.3) is 0 Å². The van der Waals surface area contributed by atoms with E-state index in [0.717, 1.165) is 26.1 Å². The highest BCUT2D eigenvalue weighted by molar-refractivity contribution is 7.90. The van der Waals surface area contributed by atoms with E-state index < -0.39 is 9.84 Å². The minimum absolute atomic E-state index is 0.266. The fourth-order valence-electron chi connectivity index (χ4n) is 2.84. The molecule has 0 radical (unpaired) electrons. The average Bonchev–Trinajstić information content (AvgIpc) is 2.40. The Labute approximate surface area is 122 Å². The standard InChI is InChI=1S/C15H24N2O2S/c1-3-16-14-9-11-17(10-6-12-20(2,18)19)15-8-5-4-7-13(14)15/h4-5,7-8,14,16H,3,6,9-12H2,1-2H3. The number of sulfone groups is 1. The summed E-state index contributed by atoms with van der Waals surface area (Å²) in [5.74, 6) is 0.266. The lowest BCUT2D eigenvalue weighted by Crippen LogP contribution is -2.36. The van der Waals surface area contributed by atoms with E-state index in [-0.39, 0.29) is 5.75 Å². The monoisotopic (exact) mass is 296 g/mol. The highest BCUT2D eigenvalue weighted by Gasteiger charge is 2.23. The number of rotatable bonds is 6. The van der Waals surface area contributed by atoms with Gasteiger partial charge in [0.2, 0.25) is 0 Å². The van der Waals surface area contributed by atoms with E-state index in [4.69, 9.17) is 0 Å². The first kappa shape index (κ1) is 15.3. The van der Waals surface area contributed by atoms with Crippen LogP contribution < -0.4 is 10.2 Å². The van der Waals surface area contributed by atoms with Crippen molar-refractivity contribution in [2.75, 3.05) is 36.5 Å². The van der Waals surface area contributed by atoms with Gasteiger partial charge in [0, 0.05) is 31.1 Å². The van der Waals surface area contributed by atoms with Crippen molar-refractivity contribution in [2.45, 2.75) is 25.8 Å². The molecule has 2 rings (SSSR count). The van der Waals surface area contributed by atoms with Gasteiger partial charge in [0.05, 0.1) is 5.75 Å². The van der Waals surface area contributed by atoms with E-state index in [0.29, 0.717) is 12.5 Å². The molecule has 5 heteroatoms. The lowest BCUT2D eigenvalue weighted by atomic mass is 9.96. The number of benzene rings is 1. The number of para-hydroxylation sites is 1. The van der Waals surface area contributed by atoms with Crippen molar-refractivity contribution in [3.05, 3.63) is 29.8 Å². The minimum atomic E-state index is -2.86. The van der Waals surface area contributed by atoms with Gasteiger partial charge in [-0.1, -0.05) is 25.1 Å². The largest absolute Gasteiger partial charge is 0.371 e. The predicted octanol–water partition coefficient (Wildman–Crippen LogP) is 1.98. The quantitative estimate of drug-likeness (QED) is 0.872. The number of hydrogen-bond donors (Lipinski definition) is 1. The van der Waals surface area contributed by atoms with Crippen molar-refractivity contribution in [2.24, 2.45) is 0 Å². The smallest absolute Gasteiger partial charge is 0.147 e. The summed E-state index contributed by atoms with van der Waals surface area (Å²) in [6.07, 6.45) is 3.07. The first-order valence-electron chi connectivity index (χ1n) is 7.26. The second-order valence-corrected chi connectivity index (χ2v) is 7.69. The van der Waals surface area contributed by atoms with Crippen LogP contribution in [-0.4, -0.2) is 40.1 Å². The first-order chi connectivity index (χ1) is 9.51. The molecular formula is C15H24N2O2S. The third kappa shape index (κ3) is 3.96. The van der Waals surface area contributed by atoms with Crippen LogP contribution in [0.1, 0.15) is 31.4 Å². The Morgan fingerprint density at radius 3 is 2.80 bits per heavy atom. The zero-order valence-corrected chi connectivity index (χ0v) is 13.1. The lowest BCUT2D eigenvalue weighted by Gasteiger charge is -2.36. The average molecular weight is 296 g/mol. The molecular weight excluding hydrogens is 272 g/mol. The molecule has 1 aromatic carbocycles. The fourth-order valence-corrected chi connectivity index (χ4v) is 3.49.